The van der Waals surface area contributed by atoms with Crippen LogP contribution in [0.4, 0.5) is 13.2 Å². The predicted octanol–water partition coefficient (Wildman–Crippen LogP) is 3.83. The molecule has 0 saturated heterocycles. The first-order chi connectivity index (χ1) is 10.3. The highest BCUT2D eigenvalue weighted by molar-refractivity contribution is 7.16. The van der Waals surface area contributed by atoms with Crippen LogP contribution in [0.25, 0.3) is 16.0 Å². The highest BCUT2D eigenvalue weighted by Crippen LogP contribution is 2.33. The second kappa shape index (κ2) is 4.99. The van der Waals surface area contributed by atoms with E-state index in [2.05, 4.69) is 4.98 Å². The number of hydrogen-bond acceptors (Lipinski definition) is 4. The standard InChI is InChI=1S/C13H6ClF3N2O2S/c14-8-3-6(13(15,16)17)5-18-11(8)19-9-2-1-7(20)4-10(9)22-12(19)21/h1-5,20H. The SMILES string of the molecule is O=c1sc2cc(O)ccc2n1-c1ncc(C(F)(F)F)cc1Cl. The van der Waals surface area contributed by atoms with E-state index in [0.29, 0.717) is 16.4 Å². The van der Waals surface area contributed by atoms with Crippen molar-refractivity contribution in [3.8, 4) is 11.6 Å². The smallest absolute Gasteiger partial charge is 0.417 e. The van der Waals surface area contributed by atoms with E-state index in [9.17, 15) is 23.1 Å². The molecule has 0 fully saturated rings. The van der Waals surface area contributed by atoms with Gasteiger partial charge in [-0.3, -0.25) is 4.79 Å². The second-order valence-corrected chi connectivity index (χ2v) is 5.78. The van der Waals surface area contributed by atoms with Gasteiger partial charge in [0.2, 0.25) is 0 Å². The number of aromatic hydroxyl groups is 1. The van der Waals surface area contributed by atoms with E-state index in [1.165, 1.54) is 18.2 Å². The highest BCUT2D eigenvalue weighted by atomic mass is 35.5. The number of benzene rings is 1. The van der Waals surface area contributed by atoms with Gasteiger partial charge in [0.25, 0.3) is 0 Å². The zero-order valence-electron chi connectivity index (χ0n) is 10.6. The first kappa shape index (κ1) is 14.9. The molecule has 0 aliphatic rings. The molecule has 3 rings (SSSR count). The quantitative estimate of drug-likeness (QED) is 0.728. The lowest BCUT2D eigenvalue weighted by Crippen LogP contribution is -2.14. The molecule has 1 aromatic carbocycles. The van der Waals surface area contributed by atoms with Gasteiger partial charge in [-0.2, -0.15) is 13.2 Å². The average molecular weight is 347 g/mol. The topological polar surface area (TPSA) is 55.1 Å². The lowest BCUT2D eigenvalue weighted by molar-refractivity contribution is -0.137. The first-order valence-corrected chi connectivity index (χ1v) is 7.04. The fraction of sp³-hybridized carbons (Fsp3) is 0.0769. The van der Waals surface area contributed by atoms with Gasteiger partial charge in [-0.05, 0) is 24.3 Å². The largest absolute Gasteiger partial charge is 0.508 e. The van der Waals surface area contributed by atoms with Gasteiger partial charge in [-0.15, -0.1) is 0 Å². The summed E-state index contributed by atoms with van der Waals surface area (Å²) >= 11 is 6.70. The van der Waals surface area contributed by atoms with Crippen molar-refractivity contribution in [2.24, 2.45) is 0 Å². The number of rotatable bonds is 1. The van der Waals surface area contributed by atoms with Crippen LogP contribution in [0.15, 0.2) is 35.3 Å². The molecule has 0 saturated carbocycles. The molecule has 0 aliphatic carbocycles. The van der Waals surface area contributed by atoms with E-state index in [0.717, 1.165) is 22.0 Å². The number of phenolic OH excluding ortho intramolecular Hbond substituents is 1. The Balaban J connectivity index is 2.24. The Bertz CT molecular complexity index is 933. The maximum atomic E-state index is 12.6. The van der Waals surface area contributed by atoms with Crippen LogP contribution in [0.3, 0.4) is 0 Å². The molecule has 4 nitrogen and oxygen atoms in total. The molecule has 2 aromatic heterocycles. The third-order valence-electron chi connectivity index (χ3n) is 2.93. The van der Waals surface area contributed by atoms with E-state index in [-0.39, 0.29) is 16.6 Å². The van der Waals surface area contributed by atoms with Gasteiger partial charge < -0.3 is 5.11 Å². The van der Waals surface area contributed by atoms with Gasteiger partial charge in [-0.25, -0.2) is 9.55 Å². The Labute approximate surface area is 130 Å². The number of thiazole rings is 1. The van der Waals surface area contributed by atoms with Crippen molar-refractivity contribution in [2.45, 2.75) is 6.18 Å². The van der Waals surface area contributed by atoms with Gasteiger partial charge in [0.05, 0.1) is 20.8 Å². The molecule has 9 heteroatoms. The van der Waals surface area contributed by atoms with E-state index in [4.69, 9.17) is 11.6 Å². The molecule has 3 aromatic rings. The summed E-state index contributed by atoms with van der Waals surface area (Å²) in [4.78, 5) is 15.3. The Morgan fingerprint density at radius 2 is 2.00 bits per heavy atom. The monoisotopic (exact) mass is 346 g/mol. The molecule has 0 atom stereocenters. The Morgan fingerprint density at radius 3 is 2.64 bits per heavy atom. The summed E-state index contributed by atoms with van der Waals surface area (Å²) in [6.45, 7) is 0. The molecule has 0 radical (unpaired) electrons. The average Bonchev–Trinajstić information content (AvgIpc) is 2.72. The van der Waals surface area contributed by atoms with Gasteiger partial charge in [-0.1, -0.05) is 22.9 Å². The van der Waals surface area contributed by atoms with E-state index in [1.54, 1.807) is 0 Å². The minimum absolute atomic E-state index is 0.0209. The molecule has 0 unspecified atom stereocenters. The number of fused-ring (bicyclic) bond motifs is 1. The number of pyridine rings is 1. The lowest BCUT2D eigenvalue weighted by Gasteiger charge is -2.09. The molecular formula is C13H6ClF3N2O2S. The van der Waals surface area contributed by atoms with Crippen molar-refractivity contribution in [1.82, 2.24) is 9.55 Å². The predicted molar refractivity (Wildman–Crippen MR) is 76.9 cm³/mol. The fourth-order valence-electron chi connectivity index (χ4n) is 1.96. The fourth-order valence-corrected chi connectivity index (χ4v) is 3.12. The van der Waals surface area contributed by atoms with Crippen LogP contribution in [0.2, 0.25) is 5.02 Å². The minimum atomic E-state index is -4.57. The first-order valence-electron chi connectivity index (χ1n) is 5.85. The summed E-state index contributed by atoms with van der Waals surface area (Å²) in [5, 5.41) is 9.12. The molecule has 0 bridgehead atoms. The van der Waals surface area contributed by atoms with Crippen LogP contribution >= 0.6 is 22.9 Å². The van der Waals surface area contributed by atoms with Crippen LogP contribution in [0, 0.1) is 0 Å². The molecule has 22 heavy (non-hydrogen) atoms. The van der Waals surface area contributed by atoms with Gasteiger partial charge in [0.1, 0.15) is 5.75 Å². The summed E-state index contributed by atoms with van der Waals surface area (Å²) < 4.78 is 39.5. The third kappa shape index (κ3) is 2.44. The molecule has 0 amide bonds. The van der Waals surface area contributed by atoms with Gasteiger partial charge in [0, 0.05) is 6.20 Å². The normalized spacial score (nSPS) is 12.0. The van der Waals surface area contributed by atoms with Crippen LogP contribution in [0.1, 0.15) is 5.56 Å². The van der Waals surface area contributed by atoms with E-state index in [1.807, 2.05) is 0 Å². The number of aromatic nitrogens is 2. The van der Waals surface area contributed by atoms with E-state index < -0.39 is 16.6 Å². The van der Waals surface area contributed by atoms with Crippen LogP contribution in [-0.4, -0.2) is 14.7 Å². The summed E-state index contributed by atoms with van der Waals surface area (Å²) in [5.41, 5.74) is -0.589. The summed E-state index contributed by atoms with van der Waals surface area (Å²) in [7, 11) is 0. The number of hydrogen-bond donors (Lipinski definition) is 1. The Kier molecular flexibility index (Phi) is 3.37. The third-order valence-corrected chi connectivity index (χ3v) is 4.11. The molecule has 0 aliphatic heterocycles. The number of nitrogens with zero attached hydrogens (tertiary/aromatic N) is 2. The van der Waals surface area contributed by atoms with Crippen molar-refractivity contribution < 1.29 is 18.3 Å². The summed E-state index contributed by atoms with van der Waals surface area (Å²) in [6.07, 6.45) is -3.94. The zero-order valence-corrected chi connectivity index (χ0v) is 12.1. The zero-order chi connectivity index (χ0) is 16.1. The Hall–Kier alpha value is -2.06. The van der Waals surface area contributed by atoms with Gasteiger partial charge in [0.15, 0.2) is 5.82 Å². The van der Waals surface area contributed by atoms with Crippen molar-refractivity contribution >= 4 is 33.2 Å². The Morgan fingerprint density at radius 1 is 1.27 bits per heavy atom. The maximum absolute atomic E-state index is 12.6. The van der Waals surface area contributed by atoms with Crippen molar-refractivity contribution in [3.05, 3.63) is 50.7 Å². The molecular weight excluding hydrogens is 341 g/mol. The maximum Gasteiger partial charge on any atom is 0.417 e. The number of halogens is 4. The highest BCUT2D eigenvalue weighted by Gasteiger charge is 2.32. The van der Waals surface area contributed by atoms with Crippen LogP contribution in [-0.2, 0) is 6.18 Å². The van der Waals surface area contributed by atoms with Crippen molar-refractivity contribution in [2.75, 3.05) is 0 Å². The number of phenols is 1. The molecule has 114 valence electrons. The van der Waals surface area contributed by atoms with Crippen LogP contribution in [0.5, 0.6) is 5.75 Å². The summed E-state index contributed by atoms with van der Waals surface area (Å²) in [6, 6.07) is 4.94. The summed E-state index contributed by atoms with van der Waals surface area (Å²) in [5.74, 6) is -0.107. The van der Waals surface area contributed by atoms with Crippen LogP contribution < -0.4 is 4.87 Å². The minimum Gasteiger partial charge on any atom is -0.508 e. The van der Waals surface area contributed by atoms with Crippen molar-refractivity contribution in [1.29, 1.82) is 0 Å². The number of alkyl halides is 3. The van der Waals surface area contributed by atoms with E-state index >= 15 is 0 Å². The molecule has 0 spiro atoms. The molecule has 1 N–H and O–H groups in total. The van der Waals surface area contributed by atoms with Gasteiger partial charge >= 0.3 is 11.0 Å². The molecule has 2 heterocycles. The second-order valence-electron chi connectivity index (χ2n) is 4.38. The van der Waals surface area contributed by atoms with Crippen molar-refractivity contribution in [3.63, 3.8) is 0 Å². The lowest BCUT2D eigenvalue weighted by atomic mass is 10.2.